The fourth-order valence-electron chi connectivity index (χ4n) is 2.36. The SMILES string of the molecule is CNCCS(=O)(=O)N1CCC(C(C)(C)C)CC1. The van der Waals surface area contributed by atoms with Crippen LogP contribution in [0, 0.1) is 11.3 Å². The third-order valence-corrected chi connectivity index (χ3v) is 5.55. The molecule has 1 saturated heterocycles. The van der Waals surface area contributed by atoms with Gasteiger partial charge in [-0.2, -0.15) is 0 Å². The van der Waals surface area contributed by atoms with Crippen molar-refractivity contribution >= 4 is 10.0 Å². The highest BCUT2D eigenvalue weighted by Gasteiger charge is 2.32. The Bertz CT molecular complexity index is 325. The molecule has 0 spiro atoms. The van der Waals surface area contributed by atoms with E-state index in [4.69, 9.17) is 0 Å². The molecule has 0 aromatic heterocycles. The highest BCUT2D eigenvalue weighted by molar-refractivity contribution is 7.89. The van der Waals surface area contributed by atoms with Crippen molar-refractivity contribution in [2.75, 3.05) is 32.4 Å². The van der Waals surface area contributed by atoms with Crippen LogP contribution in [-0.2, 0) is 10.0 Å². The maximum atomic E-state index is 12.0. The van der Waals surface area contributed by atoms with Crippen LogP contribution < -0.4 is 5.32 Å². The Balaban J connectivity index is 2.52. The van der Waals surface area contributed by atoms with Gasteiger partial charge in [0.15, 0.2) is 0 Å². The van der Waals surface area contributed by atoms with Crippen LogP contribution in [0.3, 0.4) is 0 Å². The molecule has 0 unspecified atom stereocenters. The summed E-state index contributed by atoms with van der Waals surface area (Å²) in [7, 11) is -1.26. The first-order valence-corrected chi connectivity index (χ1v) is 8.00. The minimum absolute atomic E-state index is 0.212. The van der Waals surface area contributed by atoms with E-state index in [0.717, 1.165) is 12.8 Å². The maximum absolute atomic E-state index is 12.0. The van der Waals surface area contributed by atoms with Crippen molar-refractivity contribution in [1.82, 2.24) is 9.62 Å². The van der Waals surface area contributed by atoms with Crippen LogP contribution in [0.25, 0.3) is 0 Å². The molecule has 1 rings (SSSR count). The molecule has 1 fully saturated rings. The lowest BCUT2D eigenvalue weighted by atomic mass is 9.76. The monoisotopic (exact) mass is 262 g/mol. The minimum Gasteiger partial charge on any atom is -0.319 e. The molecule has 1 aliphatic rings. The number of nitrogens with one attached hydrogen (secondary N) is 1. The van der Waals surface area contributed by atoms with Gasteiger partial charge in [-0.3, -0.25) is 0 Å². The predicted octanol–water partition coefficient (Wildman–Crippen LogP) is 1.29. The second-order valence-electron chi connectivity index (χ2n) is 5.96. The third kappa shape index (κ3) is 4.23. The summed E-state index contributed by atoms with van der Waals surface area (Å²) >= 11 is 0. The molecule has 5 heteroatoms. The van der Waals surface area contributed by atoms with E-state index >= 15 is 0 Å². The van der Waals surface area contributed by atoms with E-state index in [1.807, 2.05) is 0 Å². The van der Waals surface area contributed by atoms with E-state index in [2.05, 4.69) is 26.1 Å². The van der Waals surface area contributed by atoms with Crippen molar-refractivity contribution < 1.29 is 8.42 Å². The fourth-order valence-corrected chi connectivity index (χ4v) is 3.85. The van der Waals surface area contributed by atoms with Crippen LogP contribution >= 0.6 is 0 Å². The molecule has 1 heterocycles. The number of hydrogen-bond donors (Lipinski definition) is 1. The average molecular weight is 262 g/mol. The first-order chi connectivity index (χ1) is 7.77. The fraction of sp³-hybridized carbons (Fsp3) is 1.00. The van der Waals surface area contributed by atoms with Crippen LogP contribution in [0.15, 0.2) is 0 Å². The van der Waals surface area contributed by atoms with Gasteiger partial charge in [0, 0.05) is 19.6 Å². The van der Waals surface area contributed by atoms with Crippen LogP contribution in [-0.4, -0.2) is 45.2 Å². The molecule has 1 N–H and O–H groups in total. The van der Waals surface area contributed by atoms with Gasteiger partial charge in [0.05, 0.1) is 5.75 Å². The molecule has 0 amide bonds. The summed E-state index contributed by atoms with van der Waals surface area (Å²) in [5.74, 6) is 0.849. The first kappa shape index (κ1) is 14.9. The maximum Gasteiger partial charge on any atom is 0.215 e. The normalized spacial score (nSPS) is 20.7. The third-order valence-electron chi connectivity index (χ3n) is 3.68. The van der Waals surface area contributed by atoms with Gasteiger partial charge in [-0.1, -0.05) is 20.8 Å². The molecule has 4 nitrogen and oxygen atoms in total. The van der Waals surface area contributed by atoms with Crippen molar-refractivity contribution in [3.63, 3.8) is 0 Å². The zero-order valence-corrected chi connectivity index (χ0v) is 12.3. The van der Waals surface area contributed by atoms with E-state index in [1.165, 1.54) is 0 Å². The van der Waals surface area contributed by atoms with E-state index in [0.29, 0.717) is 31.0 Å². The molecule has 0 saturated carbocycles. The van der Waals surface area contributed by atoms with Crippen molar-refractivity contribution in [2.24, 2.45) is 11.3 Å². The van der Waals surface area contributed by atoms with Gasteiger partial charge in [0.2, 0.25) is 10.0 Å². The molecule has 0 atom stereocenters. The number of hydrogen-bond acceptors (Lipinski definition) is 3. The molecule has 0 bridgehead atoms. The Morgan fingerprint density at radius 2 is 1.76 bits per heavy atom. The van der Waals surface area contributed by atoms with Crippen molar-refractivity contribution in [3.05, 3.63) is 0 Å². The van der Waals surface area contributed by atoms with E-state index in [-0.39, 0.29) is 5.75 Å². The van der Waals surface area contributed by atoms with E-state index in [9.17, 15) is 8.42 Å². The second-order valence-corrected chi connectivity index (χ2v) is 8.05. The highest BCUT2D eigenvalue weighted by Crippen LogP contribution is 2.34. The molecular formula is C12H26N2O2S. The Hall–Kier alpha value is -0.130. The van der Waals surface area contributed by atoms with Gasteiger partial charge >= 0.3 is 0 Å². The Labute approximate surface area is 106 Å². The molecule has 17 heavy (non-hydrogen) atoms. The van der Waals surface area contributed by atoms with Gasteiger partial charge in [0.1, 0.15) is 0 Å². The molecule has 0 aromatic carbocycles. The van der Waals surface area contributed by atoms with Crippen molar-refractivity contribution in [3.8, 4) is 0 Å². The van der Waals surface area contributed by atoms with Crippen LogP contribution in [0.5, 0.6) is 0 Å². The van der Waals surface area contributed by atoms with E-state index < -0.39 is 10.0 Å². The quantitative estimate of drug-likeness (QED) is 0.830. The summed E-state index contributed by atoms with van der Waals surface area (Å²) in [6.45, 7) is 8.62. The van der Waals surface area contributed by atoms with Gasteiger partial charge in [-0.15, -0.1) is 0 Å². The predicted molar refractivity (Wildman–Crippen MR) is 71.5 cm³/mol. The molecule has 0 aliphatic carbocycles. The molecular weight excluding hydrogens is 236 g/mol. The number of nitrogens with zero attached hydrogens (tertiary/aromatic N) is 1. The highest BCUT2D eigenvalue weighted by atomic mass is 32.2. The number of sulfonamides is 1. The van der Waals surface area contributed by atoms with Gasteiger partial charge in [-0.25, -0.2) is 12.7 Å². The summed E-state index contributed by atoms with van der Waals surface area (Å²) < 4.78 is 25.6. The van der Waals surface area contributed by atoms with Crippen molar-refractivity contribution in [1.29, 1.82) is 0 Å². The summed E-state index contributed by atoms with van der Waals surface area (Å²) in [6.07, 6.45) is 1.98. The van der Waals surface area contributed by atoms with Crippen molar-refractivity contribution in [2.45, 2.75) is 33.6 Å². The Kier molecular flexibility index (Phi) is 4.98. The largest absolute Gasteiger partial charge is 0.319 e. The zero-order valence-electron chi connectivity index (χ0n) is 11.5. The zero-order chi connectivity index (χ0) is 13.1. The average Bonchev–Trinajstić information content (AvgIpc) is 2.25. The summed E-state index contributed by atoms with van der Waals surface area (Å²) in [5.41, 5.74) is 0.292. The minimum atomic E-state index is -3.04. The second kappa shape index (κ2) is 5.67. The van der Waals surface area contributed by atoms with E-state index in [1.54, 1.807) is 11.4 Å². The van der Waals surface area contributed by atoms with Crippen LogP contribution in [0.2, 0.25) is 0 Å². The van der Waals surface area contributed by atoms with Crippen LogP contribution in [0.1, 0.15) is 33.6 Å². The summed E-state index contributed by atoms with van der Waals surface area (Å²) in [4.78, 5) is 0. The topological polar surface area (TPSA) is 49.4 Å². The first-order valence-electron chi connectivity index (χ1n) is 6.40. The van der Waals surface area contributed by atoms with Gasteiger partial charge < -0.3 is 5.32 Å². The number of rotatable bonds is 4. The van der Waals surface area contributed by atoms with Gasteiger partial charge in [-0.05, 0) is 31.2 Å². The molecule has 0 aromatic rings. The Morgan fingerprint density at radius 3 is 2.18 bits per heavy atom. The van der Waals surface area contributed by atoms with Gasteiger partial charge in [0.25, 0.3) is 0 Å². The lowest BCUT2D eigenvalue weighted by molar-refractivity contribution is 0.154. The summed E-state index contributed by atoms with van der Waals surface area (Å²) in [6, 6.07) is 0. The lowest BCUT2D eigenvalue weighted by Crippen LogP contribution is -2.43. The lowest BCUT2D eigenvalue weighted by Gasteiger charge is -2.38. The standard InChI is InChI=1S/C12H26N2O2S/c1-12(2,3)11-5-8-14(9-6-11)17(15,16)10-7-13-4/h11,13H,5-10H2,1-4H3. The smallest absolute Gasteiger partial charge is 0.215 e. The number of piperidine rings is 1. The van der Waals surface area contributed by atoms with Crippen LogP contribution in [0.4, 0.5) is 0 Å². The molecule has 0 radical (unpaired) electrons. The Morgan fingerprint density at radius 1 is 1.24 bits per heavy atom. The molecule has 1 aliphatic heterocycles. The summed E-state index contributed by atoms with van der Waals surface area (Å²) in [5, 5.41) is 2.89. The molecule has 102 valence electrons.